The van der Waals surface area contributed by atoms with Gasteiger partial charge in [0.15, 0.2) is 11.9 Å². The van der Waals surface area contributed by atoms with Crippen molar-refractivity contribution in [1.29, 1.82) is 0 Å². The largest absolute Gasteiger partial charge is 0.458 e. The first-order valence-electron chi connectivity index (χ1n) is 11.2. The second-order valence-electron chi connectivity index (χ2n) is 11.4. The molecule has 0 spiro atoms. The number of rotatable bonds is 7. The molecule has 1 saturated carbocycles. The third-order valence-corrected chi connectivity index (χ3v) is 9.18. The fourth-order valence-corrected chi connectivity index (χ4v) is 6.93. The summed E-state index contributed by atoms with van der Waals surface area (Å²) in [4.78, 5) is 11.9. The van der Waals surface area contributed by atoms with Gasteiger partial charge in [-0.05, 0) is 35.9 Å². The average molecular weight is 441 g/mol. The fourth-order valence-electron chi connectivity index (χ4n) is 6.17. The predicted molar refractivity (Wildman–Crippen MR) is 118 cm³/mol. The number of esters is 1. The van der Waals surface area contributed by atoms with Crippen LogP contribution in [0.15, 0.2) is 11.6 Å². The summed E-state index contributed by atoms with van der Waals surface area (Å²) in [6.45, 7) is 16.1. The molecule has 0 aromatic rings. The second-order valence-corrected chi connectivity index (χ2v) is 17.0. The smallest absolute Gasteiger partial charge is 0.303 e. The number of aliphatic hydroxyl groups is 1. The van der Waals surface area contributed by atoms with Gasteiger partial charge in [-0.1, -0.05) is 46.8 Å². The van der Waals surface area contributed by atoms with Crippen molar-refractivity contribution in [2.24, 2.45) is 16.7 Å². The summed E-state index contributed by atoms with van der Waals surface area (Å²) in [5.74, 6) is -0.284. The second kappa shape index (κ2) is 8.32. The summed E-state index contributed by atoms with van der Waals surface area (Å²) in [5.41, 5.74) is -0.638. The van der Waals surface area contributed by atoms with Crippen LogP contribution in [-0.4, -0.2) is 57.2 Å². The van der Waals surface area contributed by atoms with Crippen molar-refractivity contribution in [2.45, 2.75) is 90.6 Å². The molecule has 0 amide bonds. The van der Waals surface area contributed by atoms with Gasteiger partial charge in [-0.15, -0.1) is 0 Å². The SMILES string of the molecule is CC(=O)O[C@@H]1C=C2CO[C@@H](O)[C@]2(OCOCC[Si](C)(C)C)[C@@]2(C)CCCC(C)(C)[C@H]12. The molecule has 2 fully saturated rings. The highest BCUT2D eigenvalue weighted by Crippen LogP contribution is 2.65. The molecular weight excluding hydrogens is 400 g/mol. The first kappa shape index (κ1) is 23.9. The van der Waals surface area contributed by atoms with Gasteiger partial charge < -0.3 is 24.1 Å². The molecule has 6 nitrogen and oxygen atoms in total. The Labute approximate surface area is 182 Å². The van der Waals surface area contributed by atoms with Crippen LogP contribution >= 0.6 is 0 Å². The van der Waals surface area contributed by atoms with Gasteiger partial charge in [0, 0.05) is 32.9 Å². The summed E-state index contributed by atoms with van der Waals surface area (Å²) in [7, 11) is -1.19. The van der Waals surface area contributed by atoms with Crippen LogP contribution < -0.4 is 0 Å². The molecule has 2 aliphatic carbocycles. The Balaban J connectivity index is 1.93. The van der Waals surface area contributed by atoms with Crippen LogP contribution in [0.5, 0.6) is 0 Å². The molecule has 0 radical (unpaired) electrons. The van der Waals surface area contributed by atoms with Crippen molar-refractivity contribution in [1.82, 2.24) is 0 Å². The van der Waals surface area contributed by atoms with Gasteiger partial charge in [-0.3, -0.25) is 4.79 Å². The molecule has 30 heavy (non-hydrogen) atoms. The first-order valence-corrected chi connectivity index (χ1v) is 14.9. The van der Waals surface area contributed by atoms with Crippen molar-refractivity contribution >= 4 is 14.0 Å². The number of fused-ring (bicyclic) bond motifs is 3. The normalized spacial score (nSPS) is 37.9. The zero-order valence-corrected chi connectivity index (χ0v) is 20.7. The quantitative estimate of drug-likeness (QED) is 0.211. The van der Waals surface area contributed by atoms with Gasteiger partial charge >= 0.3 is 5.97 Å². The maximum absolute atomic E-state index is 11.9. The van der Waals surface area contributed by atoms with Gasteiger partial charge in [-0.2, -0.15) is 0 Å². The Hall–Kier alpha value is -0.733. The van der Waals surface area contributed by atoms with E-state index in [2.05, 4.69) is 40.4 Å². The van der Waals surface area contributed by atoms with E-state index < -0.39 is 25.4 Å². The molecule has 5 atom stereocenters. The van der Waals surface area contributed by atoms with E-state index in [0.717, 1.165) is 30.9 Å². The fraction of sp³-hybridized carbons (Fsp3) is 0.870. The van der Waals surface area contributed by atoms with E-state index in [-0.39, 0.29) is 36.8 Å². The number of hydrogen-bond donors (Lipinski definition) is 1. The summed E-state index contributed by atoms with van der Waals surface area (Å²) in [6, 6.07) is 1.06. The highest BCUT2D eigenvalue weighted by molar-refractivity contribution is 6.76. The molecular formula is C23H40O6Si. The van der Waals surface area contributed by atoms with Gasteiger partial charge in [0.1, 0.15) is 12.9 Å². The minimum absolute atomic E-state index is 0.00438. The van der Waals surface area contributed by atoms with Gasteiger partial charge in [-0.25, -0.2) is 0 Å². The lowest BCUT2D eigenvalue weighted by Crippen LogP contribution is -2.67. The topological polar surface area (TPSA) is 74.2 Å². The number of aliphatic hydroxyl groups excluding tert-OH is 1. The van der Waals surface area contributed by atoms with Crippen LogP contribution in [0.25, 0.3) is 0 Å². The Kier molecular flexibility index (Phi) is 6.63. The molecule has 1 N–H and O–H groups in total. The average Bonchev–Trinajstić information content (AvgIpc) is 2.90. The zero-order chi connectivity index (χ0) is 22.4. The number of carbonyl (C=O) groups excluding carboxylic acids is 1. The van der Waals surface area contributed by atoms with E-state index in [9.17, 15) is 9.90 Å². The van der Waals surface area contributed by atoms with Crippen LogP contribution in [0.3, 0.4) is 0 Å². The molecule has 0 aromatic carbocycles. The molecule has 1 aliphatic heterocycles. The van der Waals surface area contributed by atoms with Crippen molar-refractivity contribution in [3.63, 3.8) is 0 Å². The van der Waals surface area contributed by atoms with Crippen LogP contribution in [0.2, 0.25) is 25.7 Å². The molecule has 1 heterocycles. The third-order valence-electron chi connectivity index (χ3n) is 7.48. The van der Waals surface area contributed by atoms with E-state index in [1.807, 2.05) is 6.08 Å². The van der Waals surface area contributed by atoms with E-state index in [0.29, 0.717) is 6.61 Å². The van der Waals surface area contributed by atoms with Crippen LogP contribution in [0.4, 0.5) is 0 Å². The zero-order valence-electron chi connectivity index (χ0n) is 19.7. The van der Waals surface area contributed by atoms with Crippen molar-refractivity contribution in [3.05, 3.63) is 11.6 Å². The molecule has 0 aromatic heterocycles. The Morgan fingerprint density at radius 1 is 1.27 bits per heavy atom. The Morgan fingerprint density at radius 2 is 1.97 bits per heavy atom. The van der Waals surface area contributed by atoms with E-state index in [1.54, 1.807) is 0 Å². The van der Waals surface area contributed by atoms with E-state index in [4.69, 9.17) is 18.9 Å². The minimum atomic E-state index is -1.19. The van der Waals surface area contributed by atoms with Gasteiger partial charge in [0.05, 0.1) is 6.61 Å². The minimum Gasteiger partial charge on any atom is -0.458 e. The molecule has 0 bridgehead atoms. The van der Waals surface area contributed by atoms with Crippen molar-refractivity contribution < 1.29 is 28.8 Å². The monoisotopic (exact) mass is 440 g/mol. The number of hydrogen-bond acceptors (Lipinski definition) is 6. The molecule has 3 aliphatic rings. The Bertz CT molecular complexity index is 684. The number of carbonyl (C=O) groups is 1. The van der Waals surface area contributed by atoms with Crippen molar-refractivity contribution in [3.8, 4) is 0 Å². The highest BCUT2D eigenvalue weighted by atomic mass is 28.3. The molecule has 1 saturated heterocycles. The maximum Gasteiger partial charge on any atom is 0.303 e. The van der Waals surface area contributed by atoms with Gasteiger partial charge in [0.2, 0.25) is 0 Å². The summed E-state index contributed by atoms with van der Waals surface area (Å²) in [6.07, 6.45) is 3.48. The van der Waals surface area contributed by atoms with Crippen LogP contribution in [0.1, 0.15) is 47.0 Å². The molecule has 7 heteroatoms. The Morgan fingerprint density at radius 3 is 2.60 bits per heavy atom. The van der Waals surface area contributed by atoms with E-state index >= 15 is 0 Å². The van der Waals surface area contributed by atoms with Crippen LogP contribution in [-0.2, 0) is 23.7 Å². The summed E-state index contributed by atoms with van der Waals surface area (Å²) in [5, 5.41) is 11.1. The lowest BCUT2D eigenvalue weighted by molar-refractivity contribution is -0.283. The molecule has 0 unspecified atom stereocenters. The van der Waals surface area contributed by atoms with Crippen molar-refractivity contribution in [2.75, 3.05) is 20.0 Å². The first-order chi connectivity index (χ1) is 13.8. The lowest BCUT2D eigenvalue weighted by atomic mass is 9.46. The van der Waals surface area contributed by atoms with Gasteiger partial charge in [0.25, 0.3) is 0 Å². The predicted octanol–water partition coefficient (Wildman–Crippen LogP) is 4.11. The van der Waals surface area contributed by atoms with Crippen LogP contribution in [0, 0.1) is 16.7 Å². The standard InChI is InChI=1S/C23H40O6Si/c1-16(24)29-18-13-17-14-27-20(25)23(17,28-15-26-11-12-30(5,6)7)22(4)10-8-9-21(2,3)19(18)22/h13,18-20,25H,8-12,14-15H2,1-7H3/t18-,19+,20-,22+,23+/m1/s1. The maximum atomic E-state index is 11.9. The lowest BCUT2D eigenvalue weighted by Gasteiger charge is -2.62. The van der Waals surface area contributed by atoms with E-state index in [1.165, 1.54) is 6.92 Å². The number of ether oxygens (including phenoxy) is 4. The summed E-state index contributed by atoms with van der Waals surface area (Å²) < 4.78 is 23.8. The molecule has 172 valence electrons. The third kappa shape index (κ3) is 4.16. The highest BCUT2D eigenvalue weighted by Gasteiger charge is 2.69. The molecule has 3 rings (SSSR count). The summed E-state index contributed by atoms with van der Waals surface area (Å²) >= 11 is 0.